The summed E-state index contributed by atoms with van der Waals surface area (Å²) in [6, 6.07) is 7.07. The summed E-state index contributed by atoms with van der Waals surface area (Å²) in [6.45, 7) is 1.73. The van der Waals surface area contributed by atoms with Crippen molar-refractivity contribution >= 4 is 17.8 Å². The molecule has 2 aliphatic rings. The van der Waals surface area contributed by atoms with Crippen LogP contribution in [0.5, 0.6) is 0 Å². The number of amides is 4. The fourth-order valence-corrected chi connectivity index (χ4v) is 3.50. The van der Waals surface area contributed by atoms with Crippen molar-refractivity contribution in [2.75, 3.05) is 6.54 Å². The van der Waals surface area contributed by atoms with Crippen LogP contribution in [0.15, 0.2) is 24.3 Å². The van der Waals surface area contributed by atoms with Gasteiger partial charge in [-0.25, -0.2) is 4.79 Å². The number of urea groups is 1. The van der Waals surface area contributed by atoms with Crippen LogP contribution in [0.1, 0.15) is 49.8 Å². The number of imide groups is 1. The van der Waals surface area contributed by atoms with Gasteiger partial charge in [0.05, 0.1) is 6.04 Å². The van der Waals surface area contributed by atoms with Crippen LogP contribution in [0, 0.1) is 0 Å². The molecule has 4 amide bonds. The Morgan fingerprint density at radius 1 is 1.33 bits per heavy atom. The highest BCUT2D eigenvalue weighted by atomic mass is 16.2. The van der Waals surface area contributed by atoms with E-state index in [0.29, 0.717) is 6.42 Å². The van der Waals surface area contributed by atoms with Crippen molar-refractivity contribution in [1.82, 2.24) is 15.5 Å². The zero-order valence-corrected chi connectivity index (χ0v) is 13.9. The summed E-state index contributed by atoms with van der Waals surface area (Å²) in [5, 5.41) is 5.61. The minimum absolute atomic E-state index is 0.0466. The monoisotopic (exact) mass is 329 g/mol. The summed E-state index contributed by atoms with van der Waals surface area (Å²) < 4.78 is 0. The zero-order chi connectivity index (χ0) is 17.1. The lowest BCUT2D eigenvalue weighted by Crippen LogP contribution is -2.42. The van der Waals surface area contributed by atoms with Crippen LogP contribution in [-0.2, 0) is 16.0 Å². The number of rotatable bonds is 5. The number of aryl methyl sites for hydroxylation is 1. The standard InChI is InChI=1S/C18H23N3O3/c1-2-6-15-17(23)21(18(24)20-15)11-16(22)19-14-10-5-8-12-7-3-4-9-13(12)14/h3-4,7,9,14-15H,2,5-6,8,10-11H2,1H3,(H,19,22)(H,20,24)/t14-,15-/m1/s1. The lowest BCUT2D eigenvalue weighted by Gasteiger charge is -2.27. The van der Waals surface area contributed by atoms with Gasteiger partial charge in [0.2, 0.25) is 5.91 Å². The molecule has 128 valence electrons. The van der Waals surface area contributed by atoms with Crippen molar-refractivity contribution in [3.05, 3.63) is 35.4 Å². The predicted molar refractivity (Wildman–Crippen MR) is 89.2 cm³/mol. The first-order chi connectivity index (χ1) is 11.6. The molecule has 2 atom stereocenters. The molecule has 2 N–H and O–H groups in total. The van der Waals surface area contributed by atoms with E-state index in [1.165, 1.54) is 5.56 Å². The Bertz CT molecular complexity index is 659. The SMILES string of the molecule is CCC[C@H]1NC(=O)N(CC(=O)N[C@@H]2CCCc3ccccc32)C1=O. The molecule has 0 aromatic heterocycles. The number of carbonyl (C=O) groups excluding carboxylic acids is 3. The van der Waals surface area contributed by atoms with Crippen molar-refractivity contribution in [3.8, 4) is 0 Å². The third kappa shape index (κ3) is 3.27. The molecule has 6 nitrogen and oxygen atoms in total. The molecule has 1 aliphatic heterocycles. The van der Waals surface area contributed by atoms with Gasteiger partial charge in [-0.1, -0.05) is 37.6 Å². The molecule has 1 aromatic carbocycles. The topological polar surface area (TPSA) is 78.5 Å². The van der Waals surface area contributed by atoms with E-state index in [1.54, 1.807) is 0 Å². The summed E-state index contributed by atoms with van der Waals surface area (Å²) in [7, 11) is 0. The van der Waals surface area contributed by atoms with Crippen molar-refractivity contribution in [2.45, 2.75) is 51.1 Å². The molecular formula is C18H23N3O3. The Hall–Kier alpha value is -2.37. The van der Waals surface area contributed by atoms with E-state index < -0.39 is 12.1 Å². The summed E-state index contributed by atoms with van der Waals surface area (Å²) >= 11 is 0. The molecule has 1 saturated heterocycles. The first-order valence-electron chi connectivity index (χ1n) is 8.59. The molecule has 0 saturated carbocycles. The summed E-state index contributed by atoms with van der Waals surface area (Å²) in [6.07, 6.45) is 4.31. The Morgan fingerprint density at radius 3 is 2.92 bits per heavy atom. The molecule has 1 aliphatic carbocycles. The van der Waals surface area contributed by atoms with Crippen LogP contribution in [0.25, 0.3) is 0 Å². The average molecular weight is 329 g/mol. The highest BCUT2D eigenvalue weighted by molar-refractivity contribution is 6.06. The second-order valence-electron chi connectivity index (χ2n) is 6.43. The highest BCUT2D eigenvalue weighted by Gasteiger charge is 2.38. The van der Waals surface area contributed by atoms with Crippen LogP contribution < -0.4 is 10.6 Å². The lowest BCUT2D eigenvalue weighted by atomic mass is 9.88. The number of hydrogen-bond acceptors (Lipinski definition) is 3. The van der Waals surface area contributed by atoms with Gasteiger partial charge in [-0.15, -0.1) is 0 Å². The highest BCUT2D eigenvalue weighted by Crippen LogP contribution is 2.29. The van der Waals surface area contributed by atoms with E-state index in [-0.39, 0.29) is 24.4 Å². The van der Waals surface area contributed by atoms with E-state index >= 15 is 0 Å². The van der Waals surface area contributed by atoms with Crippen LogP contribution in [0.2, 0.25) is 0 Å². The van der Waals surface area contributed by atoms with Gasteiger partial charge < -0.3 is 10.6 Å². The fourth-order valence-electron chi connectivity index (χ4n) is 3.50. The molecule has 1 aromatic rings. The van der Waals surface area contributed by atoms with Gasteiger partial charge in [0.25, 0.3) is 5.91 Å². The Labute approximate surface area is 141 Å². The zero-order valence-electron chi connectivity index (χ0n) is 13.9. The number of carbonyl (C=O) groups is 3. The molecule has 6 heteroatoms. The fraction of sp³-hybridized carbons (Fsp3) is 0.500. The number of nitrogens with zero attached hydrogens (tertiary/aromatic N) is 1. The molecule has 0 spiro atoms. The number of fused-ring (bicyclic) bond motifs is 1. The van der Waals surface area contributed by atoms with Crippen molar-refractivity contribution in [3.63, 3.8) is 0 Å². The van der Waals surface area contributed by atoms with Crippen molar-refractivity contribution in [1.29, 1.82) is 0 Å². The second-order valence-corrected chi connectivity index (χ2v) is 6.43. The maximum Gasteiger partial charge on any atom is 0.325 e. The minimum atomic E-state index is -0.495. The van der Waals surface area contributed by atoms with E-state index in [9.17, 15) is 14.4 Å². The third-order valence-electron chi connectivity index (χ3n) is 4.69. The van der Waals surface area contributed by atoms with Gasteiger partial charge in [-0.2, -0.15) is 0 Å². The van der Waals surface area contributed by atoms with E-state index in [1.807, 2.05) is 25.1 Å². The quantitative estimate of drug-likeness (QED) is 0.810. The number of nitrogens with one attached hydrogen (secondary N) is 2. The van der Waals surface area contributed by atoms with E-state index in [0.717, 1.165) is 36.1 Å². The first-order valence-corrected chi connectivity index (χ1v) is 8.59. The first kappa shape index (κ1) is 16.5. The van der Waals surface area contributed by atoms with E-state index in [4.69, 9.17) is 0 Å². The van der Waals surface area contributed by atoms with Gasteiger partial charge in [-0.05, 0) is 36.8 Å². The maximum absolute atomic E-state index is 12.3. The van der Waals surface area contributed by atoms with Gasteiger partial charge in [0.1, 0.15) is 12.6 Å². The van der Waals surface area contributed by atoms with Gasteiger partial charge in [-0.3, -0.25) is 14.5 Å². The number of hydrogen-bond donors (Lipinski definition) is 2. The largest absolute Gasteiger partial charge is 0.348 e. The smallest absolute Gasteiger partial charge is 0.325 e. The lowest BCUT2D eigenvalue weighted by molar-refractivity contribution is -0.132. The van der Waals surface area contributed by atoms with Crippen LogP contribution in [-0.4, -0.2) is 35.3 Å². The van der Waals surface area contributed by atoms with Gasteiger partial charge in [0.15, 0.2) is 0 Å². The van der Waals surface area contributed by atoms with E-state index in [2.05, 4.69) is 16.7 Å². The molecule has 0 radical (unpaired) electrons. The molecule has 1 fully saturated rings. The Balaban J connectivity index is 1.63. The maximum atomic E-state index is 12.3. The predicted octanol–water partition coefficient (Wildman–Crippen LogP) is 1.90. The average Bonchev–Trinajstić information content (AvgIpc) is 2.83. The molecule has 3 rings (SSSR count). The molecule has 1 heterocycles. The summed E-state index contributed by atoms with van der Waals surface area (Å²) in [5.74, 6) is -0.599. The number of benzene rings is 1. The minimum Gasteiger partial charge on any atom is -0.348 e. The van der Waals surface area contributed by atoms with Gasteiger partial charge in [0, 0.05) is 0 Å². The normalized spacial score (nSPS) is 23.0. The van der Waals surface area contributed by atoms with Crippen LogP contribution in [0.4, 0.5) is 4.79 Å². The van der Waals surface area contributed by atoms with Crippen molar-refractivity contribution < 1.29 is 14.4 Å². The van der Waals surface area contributed by atoms with Gasteiger partial charge >= 0.3 is 6.03 Å². The van der Waals surface area contributed by atoms with Crippen LogP contribution in [0.3, 0.4) is 0 Å². The summed E-state index contributed by atoms with van der Waals surface area (Å²) in [4.78, 5) is 37.5. The molecular weight excluding hydrogens is 306 g/mol. The molecule has 24 heavy (non-hydrogen) atoms. The van der Waals surface area contributed by atoms with Crippen molar-refractivity contribution in [2.24, 2.45) is 0 Å². The Kier molecular flexibility index (Phi) is 4.83. The van der Waals surface area contributed by atoms with Crippen LogP contribution >= 0.6 is 0 Å². The molecule has 0 bridgehead atoms. The second kappa shape index (κ2) is 7.03. The third-order valence-corrected chi connectivity index (χ3v) is 4.69. The molecule has 0 unspecified atom stereocenters. The Morgan fingerprint density at radius 2 is 2.12 bits per heavy atom. The summed E-state index contributed by atoms with van der Waals surface area (Å²) in [5.41, 5.74) is 2.39.